The molecule has 4 nitrogen and oxygen atoms in total. The molecule has 2 N–H and O–H groups in total. The van der Waals surface area contributed by atoms with Crippen LogP contribution in [0.3, 0.4) is 0 Å². The first kappa shape index (κ1) is 19.6. The van der Waals surface area contributed by atoms with E-state index in [0.29, 0.717) is 11.4 Å². The van der Waals surface area contributed by atoms with Crippen LogP contribution in [0, 0.1) is 0 Å². The van der Waals surface area contributed by atoms with Gasteiger partial charge in [0.15, 0.2) is 0 Å². The molecule has 27 heavy (non-hydrogen) atoms. The zero-order valence-electron chi connectivity index (χ0n) is 14.8. The van der Waals surface area contributed by atoms with E-state index in [0.717, 1.165) is 53.3 Å². The number of hydrogen-bond acceptors (Lipinski definition) is 4. The van der Waals surface area contributed by atoms with Crippen molar-refractivity contribution in [3.63, 3.8) is 0 Å². The zero-order chi connectivity index (χ0) is 17.9. The first-order valence-electron chi connectivity index (χ1n) is 8.84. The molecule has 0 bridgehead atoms. The number of fused-ring (bicyclic) bond motifs is 1. The van der Waals surface area contributed by atoms with Gasteiger partial charge < -0.3 is 10.4 Å². The Labute approximate surface area is 170 Å². The van der Waals surface area contributed by atoms with Crippen LogP contribution in [0.2, 0.25) is 5.02 Å². The van der Waals surface area contributed by atoms with Gasteiger partial charge in [0.2, 0.25) is 0 Å². The summed E-state index contributed by atoms with van der Waals surface area (Å²) >= 11 is 6.15. The molecule has 0 unspecified atom stereocenters. The van der Waals surface area contributed by atoms with Crippen molar-refractivity contribution in [2.45, 2.75) is 25.7 Å². The number of halogens is 2. The SMILES string of the molecule is Cl.OCCc1ccc(Nc2cc(-c3cccc(Cl)c3)nc3c2CCC3)nc1. The molecule has 0 saturated carbocycles. The Hall–Kier alpha value is -2.14. The van der Waals surface area contributed by atoms with Crippen molar-refractivity contribution < 1.29 is 5.11 Å². The lowest BCUT2D eigenvalue weighted by atomic mass is 10.1. The molecule has 0 fully saturated rings. The van der Waals surface area contributed by atoms with E-state index in [4.69, 9.17) is 21.7 Å². The number of aliphatic hydroxyl groups is 1. The lowest BCUT2D eigenvalue weighted by Crippen LogP contribution is -2.01. The fraction of sp³-hybridized carbons (Fsp3) is 0.238. The van der Waals surface area contributed by atoms with Gasteiger partial charge in [-0.05, 0) is 61.1 Å². The highest BCUT2D eigenvalue weighted by atomic mass is 35.5. The summed E-state index contributed by atoms with van der Waals surface area (Å²) in [5.74, 6) is 0.795. The Morgan fingerprint density at radius 2 is 2.00 bits per heavy atom. The van der Waals surface area contributed by atoms with Crippen molar-refractivity contribution in [2.75, 3.05) is 11.9 Å². The number of aliphatic hydroxyl groups excluding tert-OH is 1. The fourth-order valence-electron chi connectivity index (χ4n) is 3.36. The van der Waals surface area contributed by atoms with Crippen LogP contribution >= 0.6 is 24.0 Å². The predicted molar refractivity (Wildman–Crippen MR) is 112 cm³/mol. The maximum absolute atomic E-state index is 9.03. The van der Waals surface area contributed by atoms with Gasteiger partial charge in [-0.3, -0.25) is 4.98 Å². The molecule has 1 aliphatic rings. The van der Waals surface area contributed by atoms with Crippen LogP contribution in [-0.4, -0.2) is 21.7 Å². The van der Waals surface area contributed by atoms with Crippen LogP contribution in [0.5, 0.6) is 0 Å². The Morgan fingerprint density at radius 3 is 2.74 bits per heavy atom. The summed E-state index contributed by atoms with van der Waals surface area (Å²) < 4.78 is 0. The number of rotatable bonds is 5. The summed E-state index contributed by atoms with van der Waals surface area (Å²) in [6, 6.07) is 13.8. The van der Waals surface area contributed by atoms with Crippen LogP contribution in [0.1, 0.15) is 23.2 Å². The quantitative estimate of drug-likeness (QED) is 0.632. The average molecular weight is 402 g/mol. The van der Waals surface area contributed by atoms with Gasteiger partial charge in [0.05, 0.1) is 5.69 Å². The summed E-state index contributed by atoms with van der Waals surface area (Å²) in [6.07, 6.45) is 5.58. The number of nitrogens with one attached hydrogen (secondary N) is 1. The number of aromatic nitrogens is 2. The molecule has 4 rings (SSSR count). The summed E-state index contributed by atoms with van der Waals surface area (Å²) in [7, 11) is 0. The van der Waals surface area contributed by atoms with Crippen LogP contribution in [0.25, 0.3) is 11.3 Å². The minimum Gasteiger partial charge on any atom is -0.396 e. The summed E-state index contributed by atoms with van der Waals surface area (Å²) in [5.41, 5.74) is 6.45. The summed E-state index contributed by atoms with van der Waals surface area (Å²) in [6.45, 7) is 0.134. The van der Waals surface area contributed by atoms with Gasteiger partial charge in [0.25, 0.3) is 0 Å². The van der Waals surface area contributed by atoms with Gasteiger partial charge in [0.1, 0.15) is 5.82 Å². The number of pyridine rings is 2. The lowest BCUT2D eigenvalue weighted by molar-refractivity contribution is 0.299. The molecule has 1 aromatic carbocycles. The molecule has 3 aromatic rings. The van der Waals surface area contributed by atoms with E-state index in [1.54, 1.807) is 6.20 Å². The van der Waals surface area contributed by atoms with Gasteiger partial charge in [-0.2, -0.15) is 0 Å². The molecule has 2 aromatic heterocycles. The maximum Gasteiger partial charge on any atom is 0.130 e. The number of aryl methyl sites for hydroxylation is 1. The Bertz CT molecular complexity index is 929. The monoisotopic (exact) mass is 401 g/mol. The topological polar surface area (TPSA) is 58.0 Å². The first-order chi connectivity index (χ1) is 12.7. The van der Waals surface area contributed by atoms with Crippen molar-refractivity contribution in [1.29, 1.82) is 0 Å². The smallest absolute Gasteiger partial charge is 0.130 e. The molecule has 6 heteroatoms. The average Bonchev–Trinajstić information content (AvgIpc) is 3.12. The summed E-state index contributed by atoms with van der Waals surface area (Å²) in [5, 5.41) is 13.2. The van der Waals surface area contributed by atoms with E-state index >= 15 is 0 Å². The molecule has 0 aliphatic heterocycles. The second-order valence-corrected chi connectivity index (χ2v) is 6.93. The van der Waals surface area contributed by atoms with Crippen molar-refractivity contribution in [3.05, 3.63) is 70.5 Å². The van der Waals surface area contributed by atoms with Crippen molar-refractivity contribution >= 4 is 35.5 Å². The van der Waals surface area contributed by atoms with Gasteiger partial charge in [-0.1, -0.05) is 29.8 Å². The normalized spacial score (nSPS) is 12.4. The fourth-order valence-corrected chi connectivity index (χ4v) is 3.55. The van der Waals surface area contributed by atoms with Gasteiger partial charge >= 0.3 is 0 Å². The Morgan fingerprint density at radius 1 is 1.11 bits per heavy atom. The minimum atomic E-state index is 0. The third-order valence-electron chi connectivity index (χ3n) is 4.66. The molecule has 0 atom stereocenters. The maximum atomic E-state index is 9.03. The number of nitrogens with zero attached hydrogens (tertiary/aromatic N) is 2. The highest BCUT2D eigenvalue weighted by Crippen LogP contribution is 2.33. The van der Waals surface area contributed by atoms with Gasteiger partial charge in [-0.25, -0.2) is 4.98 Å². The second kappa shape index (κ2) is 8.70. The Kier molecular flexibility index (Phi) is 6.32. The molecule has 0 saturated heterocycles. The molecule has 140 valence electrons. The molecular formula is C21H21Cl2N3O. The predicted octanol–water partition coefficient (Wildman–Crippen LogP) is 4.99. The first-order valence-corrected chi connectivity index (χ1v) is 9.22. The standard InChI is InChI=1S/C21H20ClN3O.ClH/c22-16-4-1-3-15(11-16)19-12-20(17-5-2-6-18(17)24-19)25-21-8-7-14(9-10-26)13-23-21;/h1,3-4,7-8,11-13,26H,2,5-6,9-10H2,(H,23,24,25);1H. The molecular weight excluding hydrogens is 381 g/mol. The third kappa shape index (κ3) is 4.41. The molecule has 0 spiro atoms. The van der Waals surface area contributed by atoms with E-state index in [1.165, 1.54) is 5.56 Å². The van der Waals surface area contributed by atoms with E-state index in [2.05, 4.69) is 16.4 Å². The van der Waals surface area contributed by atoms with E-state index in [9.17, 15) is 0 Å². The van der Waals surface area contributed by atoms with E-state index in [1.807, 2.05) is 36.4 Å². The highest BCUT2D eigenvalue weighted by molar-refractivity contribution is 6.30. The van der Waals surface area contributed by atoms with Crippen molar-refractivity contribution in [2.24, 2.45) is 0 Å². The molecule has 0 radical (unpaired) electrons. The summed E-state index contributed by atoms with van der Waals surface area (Å²) in [4.78, 5) is 9.33. The van der Waals surface area contributed by atoms with E-state index in [-0.39, 0.29) is 19.0 Å². The van der Waals surface area contributed by atoms with Crippen LogP contribution < -0.4 is 5.32 Å². The van der Waals surface area contributed by atoms with Crippen molar-refractivity contribution in [1.82, 2.24) is 9.97 Å². The number of benzene rings is 1. The second-order valence-electron chi connectivity index (χ2n) is 6.49. The lowest BCUT2D eigenvalue weighted by Gasteiger charge is -2.13. The van der Waals surface area contributed by atoms with Crippen LogP contribution in [0.4, 0.5) is 11.5 Å². The molecule has 0 amide bonds. The van der Waals surface area contributed by atoms with Gasteiger partial charge in [-0.15, -0.1) is 12.4 Å². The van der Waals surface area contributed by atoms with E-state index < -0.39 is 0 Å². The van der Waals surface area contributed by atoms with Crippen LogP contribution in [-0.2, 0) is 19.3 Å². The highest BCUT2D eigenvalue weighted by Gasteiger charge is 2.19. The van der Waals surface area contributed by atoms with Gasteiger partial charge in [0, 0.05) is 34.8 Å². The number of anilines is 2. The molecule has 2 heterocycles. The molecule has 1 aliphatic carbocycles. The van der Waals surface area contributed by atoms with Crippen LogP contribution in [0.15, 0.2) is 48.7 Å². The van der Waals surface area contributed by atoms with Crippen molar-refractivity contribution in [3.8, 4) is 11.3 Å². The minimum absolute atomic E-state index is 0. The number of hydrogen-bond donors (Lipinski definition) is 2. The third-order valence-corrected chi connectivity index (χ3v) is 4.89. The zero-order valence-corrected chi connectivity index (χ0v) is 16.4. The largest absolute Gasteiger partial charge is 0.396 e. The Balaban J connectivity index is 0.00000210.